The smallest absolute Gasteiger partial charge is 0.295 e. The van der Waals surface area contributed by atoms with E-state index >= 15 is 0 Å². The van der Waals surface area contributed by atoms with Crippen LogP contribution in [-0.4, -0.2) is 34.7 Å². The Labute approximate surface area is 203 Å². The van der Waals surface area contributed by atoms with Crippen molar-refractivity contribution in [3.05, 3.63) is 107 Å². The molecule has 1 N–H and O–H groups in total. The monoisotopic (exact) mass is 465 g/mol. The van der Waals surface area contributed by atoms with E-state index in [2.05, 4.69) is 68.9 Å². The molecule has 0 aliphatic heterocycles. The summed E-state index contributed by atoms with van der Waals surface area (Å²) in [5.41, 5.74) is 6.10. The number of hydrogen-bond acceptors (Lipinski definition) is 5. The number of hydrogen-bond donors (Lipinski definition) is 1. The van der Waals surface area contributed by atoms with E-state index in [4.69, 9.17) is 0 Å². The van der Waals surface area contributed by atoms with Crippen LogP contribution in [0.3, 0.4) is 0 Å². The van der Waals surface area contributed by atoms with Crippen molar-refractivity contribution in [1.82, 2.24) is 34.7 Å². The van der Waals surface area contributed by atoms with Crippen LogP contribution in [0.2, 0.25) is 0 Å². The second-order valence-electron chi connectivity index (χ2n) is 8.56. The maximum absolute atomic E-state index is 13.3. The number of nitrogens with zero attached hydrogens (tertiary/aromatic N) is 6. The Hall–Kier alpha value is -4.33. The first kappa shape index (κ1) is 22.5. The number of pyridine rings is 1. The molecular weight excluding hydrogens is 438 g/mol. The topological polar surface area (TPSA) is 94.3 Å². The van der Waals surface area contributed by atoms with E-state index in [-0.39, 0.29) is 5.69 Å². The summed E-state index contributed by atoms with van der Waals surface area (Å²) >= 11 is 0. The van der Waals surface area contributed by atoms with Crippen LogP contribution in [0.25, 0.3) is 22.5 Å². The fourth-order valence-electron chi connectivity index (χ4n) is 4.28. The van der Waals surface area contributed by atoms with Gasteiger partial charge in [-0.15, -0.1) is 10.2 Å². The Morgan fingerprint density at radius 3 is 2.46 bits per heavy atom. The van der Waals surface area contributed by atoms with Gasteiger partial charge in [-0.3, -0.25) is 14.1 Å². The molecule has 0 unspecified atom stereocenters. The van der Waals surface area contributed by atoms with Crippen molar-refractivity contribution in [2.45, 2.75) is 39.3 Å². The van der Waals surface area contributed by atoms with Crippen LogP contribution in [-0.2, 0) is 19.5 Å². The molecule has 176 valence electrons. The molecule has 35 heavy (non-hydrogen) atoms. The normalized spacial score (nSPS) is 11.1. The summed E-state index contributed by atoms with van der Waals surface area (Å²) in [7, 11) is 0. The van der Waals surface area contributed by atoms with Gasteiger partial charge in [-0.05, 0) is 46.4 Å². The first-order valence-corrected chi connectivity index (χ1v) is 11.8. The van der Waals surface area contributed by atoms with E-state index in [0.717, 1.165) is 52.8 Å². The Balaban J connectivity index is 1.42. The average Bonchev–Trinajstić information content (AvgIpc) is 3.54. The second kappa shape index (κ2) is 10.3. The van der Waals surface area contributed by atoms with E-state index in [9.17, 15) is 4.79 Å². The van der Waals surface area contributed by atoms with Crippen LogP contribution in [0.5, 0.6) is 0 Å². The third kappa shape index (κ3) is 4.96. The zero-order valence-corrected chi connectivity index (χ0v) is 19.6. The molecular formula is C27H27N7O. The van der Waals surface area contributed by atoms with Crippen LogP contribution in [0, 0.1) is 0 Å². The van der Waals surface area contributed by atoms with Gasteiger partial charge in [0.1, 0.15) is 0 Å². The zero-order valence-electron chi connectivity index (χ0n) is 19.6. The molecule has 5 rings (SSSR count). The minimum absolute atomic E-state index is 0.0255. The summed E-state index contributed by atoms with van der Waals surface area (Å²) in [6.45, 7) is 3.28. The third-order valence-corrected chi connectivity index (χ3v) is 6.12. The summed E-state index contributed by atoms with van der Waals surface area (Å²) in [5, 5.41) is 14.3. The Morgan fingerprint density at radius 2 is 1.71 bits per heavy atom. The molecule has 2 aromatic carbocycles. The second-order valence-corrected chi connectivity index (χ2v) is 8.56. The van der Waals surface area contributed by atoms with Gasteiger partial charge >= 0.3 is 5.69 Å². The van der Waals surface area contributed by atoms with Gasteiger partial charge in [-0.1, -0.05) is 67.9 Å². The first-order chi connectivity index (χ1) is 17.2. The van der Waals surface area contributed by atoms with Crippen LogP contribution < -0.4 is 5.69 Å². The Kier molecular flexibility index (Phi) is 6.61. The molecule has 3 aromatic heterocycles. The number of imidazole rings is 1. The summed E-state index contributed by atoms with van der Waals surface area (Å²) in [6.07, 6.45) is 8.53. The van der Waals surface area contributed by atoms with Crippen molar-refractivity contribution in [3.63, 3.8) is 0 Å². The number of aryl methyl sites for hydroxylation is 1. The van der Waals surface area contributed by atoms with Crippen molar-refractivity contribution in [3.8, 4) is 22.5 Å². The number of aromatic amines is 1. The van der Waals surface area contributed by atoms with Gasteiger partial charge in [0.25, 0.3) is 0 Å². The number of benzene rings is 2. The number of aromatic nitrogens is 7. The molecule has 0 amide bonds. The van der Waals surface area contributed by atoms with Gasteiger partial charge in [0.05, 0.1) is 13.1 Å². The molecule has 0 aliphatic rings. The van der Waals surface area contributed by atoms with Crippen molar-refractivity contribution >= 4 is 0 Å². The molecule has 0 radical (unpaired) electrons. The lowest BCUT2D eigenvalue weighted by Gasteiger charge is -2.10. The summed E-state index contributed by atoms with van der Waals surface area (Å²) < 4.78 is 3.73. The molecule has 0 saturated carbocycles. The fraction of sp³-hybridized carbons (Fsp3) is 0.222. The molecule has 0 aliphatic carbocycles. The molecule has 0 bridgehead atoms. The highest BCUT2D eigenvalue weighted by Crippen LogP contribution is 2.29. The fourth-order valence-corrected chi connectivity index (χ4v) is 4.28. The van der Waals surface area contributed by atoms with E-state index < -0.39 is 0 Å². The number of tetrazole rings is 1. The van der Waals surface area contributed by atoms with Gasteiger partial charge in [0.2, 0.25) is 5.82 Å². The van der Waals surface area contributed by atoms with Gasteiger partial charge in [-0.25, -0.2) is 4.79 Å². The predicted octanol–water partition coefficient (Wildman–Crippen LogP) is 4.33. The average molecular weight is 466 g/mol. The maximum atomic E-state index is 13.3. The largest absolute Gasteiger partial charge is 0.328 e. The molecule has 5 aromatic rings. The molecule has 0 spiro atoms. The quantitative estimate of drug-likeness (QED) is 0.350. The van der Waals surface area contributed by atoms with Crippen molar-refractivity contribution in [2.75, 3.05) is 0 Å². The highest BCUT2D eigenvalue weighted by Gasteiger charge is 2.14. The Morgan fingerprint density at radius 1 is 0.914 bits per heavy atom. The first-order valence-electron chi connectivity index (χ1n) is 11.8. The Bertz CT molecular complexity index is 1440. The van der Waals surface area contributed by atoms with Gasteiger partial charge in [0, 0.05) is 29.8 Å². The van der Waals surface area contributed by atoms with Crippen molar-refractivity contribution < 1.29 is 0 Å². The van der Waals surface area contributed by atoms with Crippen molar-refractivity contribution in [1.29, 1.82) is 0 Å². The molecule has 0 saturated heterocycles. The lowest BCUT2D eigenvalue weighted by atomic mass is 10.00. The van der Waals surface area contributed by atoms with E-state index in [1.54, 1.807) is 12.4 Å². The highest BCUT2D eigenvalue weighted by molar-refractivity contribution is 5.79. The van der Waals surface area contributed by atoms with Gasteiger partial charge in [0.15, 0.2) is 0 Å². The lowest BCUT2D eigenvalue weighted by Crippen LogP contribution is -2.26. The lowest BCUT2D eigenvalue weighted by molar-refractivity contribution is 0.655. The SMILES string of the molecule is CCCCc1cn(Cc2ccccc2)c(=O)n1Cc1ccc(-c2ccncc2-c2nn[nH]n2)cc1. The number of rotatable bonds is 9. The van der Waals surface area contributed by atoms with Crippen LogP contribution >= 0.6 is 0 Å². The standard InChI is InChI=1S/C27H27N7O/c1-2-3-9-23-19-33(17-20-7-5-4-6-8-20)27(35)34(23)18-21-10-12-22(13-11-21)24-14-15-28-16-25(24)26-29-31-32-30-26/h4-8,10-16,19H,2-3,9,17-18H2,1H3,(H,29,30,31,32). The maximum Gasteiger partial charge on any atom is 0.328 e. The van der Waals surface area contributed by atoms with E-state index in [1.807, 2.05) is 39.6 Å². The summed E-state index contributed by atoms with van der Waals surface area (Å²) in [6, 6.07) is 20.3. The molecule has 0 fully saturated rings. The molecule has 8 heteroatoms. The highest BCUT2D eigenvalue weighted by atomic mass is 16.1. The number of nitrogens with one attached hydrogen (secondary N) is 1. The van der Waals surface area contributed by atoms with Crippen LogP contribution in [0.4, 0.5) is 0 Å². The third-order valence-electron chi connectivity index (χ3n) is 6.12. The minimum Gasteiger partial charge on any atom is -0.295 e. The zero-order chi connectivity index (χ0) is 24.0. The number of unbranched alkanes of at least 4 members (excludes halogenated alkanes) is 1. The minimum atomic E-state index is 0.0255. The summed E-state index contributed by atoms with van der Waals surface area (Å²) in [5.74, 6) is 0.504. The molecule has 0 atom stereocenters. The molecule has 3 heterocycles. The van der Waals surface area contributed by atoms with Crippen molar-refractivity contribution in [2.24, 2.45) is 0 Å². The molecule has 8 nitrogen and oxygen atoms in total. The predicted molar refractivity (Wildman–Crippen MR) is 135 cm³/mol. The summed E-state index contributed by atoms with van der Waals surface area (Å²) in [4.78, 5) is 17.5. The van der Waals surface area contributed by atoms with Crippen LogP contribution in [0.15, 0.2) is 84.0 Å². The van der Waals surface area contributed by atoms with E-state index in [1.165, 1.54) is 0 Å². The van der Waals surface area contributed by atoms with Gasteiger partial charge < -0.3 is 0 Å². The van der Waals surface area contributed by atoms with Gasteiger partial charge in [-0.2, -0.15) is 5.21 Å². The number of H-pyrrole nitrogens is 1. The van der Waals surface area contributed by atoms with E-state index in [0.29, 0.717) is 18.9 Å². The van der Waals surface area contributed by atoms with Crippen LogP contribution in [0.1, 0.15) is 36.6 Å².